The number of amides is 3. The number of Topliss-reactive ketones (excluding diaryl/α,β-unsaturated/α-hetero) is 1. The minimum absolute atomic E-state index is 0.0379. The summed E-state index contributed by atoms with van der Waals surface area (Å²) in [6, 6.07) is 20.9. The van der Waals surface area contributed by atoms with Gasteiger partial charge in [-0.1, -0.05) is 30.3 Å². The summed E-state index contributed by atoms with van der Waals surface area (Å²) >= 11 is 0. The first kappa shape index (κ1) is 47.2. The van der Waals surface area contributed by atoms with Gasteiger partial charge in [-0.25, -0.2) is 9.78 Å². The first-order valence-electron chi connectivity index (χ1n) is 21.8. The molecule has 0 radical (unpaired) electrons. The van der Waals surface area contributed by atoms with Crippen LogP contribution in [-0.2, 0) is 36.7 Å². The molecule has 3 aromatic carbocycles. The van der Waals surface area contributed by atoms with Gasteiger partial charge in [-0.2, -0.15) is 5.10 Å². The van der Waals surface area contributed by atoms with Crippen LogP contribution in [0.15, 0.2) is 66.7 Å². The number of ether oxygens (including phenoxy) is 2. The Kier molecular flexibility index (Phi) is 15.8. The van der Waals surface area contributed by atoms with Crippen molar-refractivity contribution in [2.45, 2.75) is 131 Å². The van der Waals surface area contributed by atoms with Crippen LogP contribution in [0, 0.1) is 24.7 Å². The van der Waals surface area contributed by atoms with Crippen LogP contribution in [0.4, 0.5) is 10.5 Å². The van der Waals surface area contributed by atoms with Crippen molar-refractivity contribution in [2.24, 2.45) is 17.8 Å². The summed E-state index contributed by atoms with van der Waals surface area (Å²) < 4.78 is 10.8. The maximum Gasteiger partial charge on any atom is 0.407 e. The van der Waals surface area contributed by atoms with Crippen LogP contribution in [0.3, 0.4) is 0 Å². The predicted molar refractivity (Wildman–Crippen MR) is 240 cm³/mol. The molecule has 0 aliphatic heterocycles. The van der Waals surface area contributed by atoms with Crippen molar-refractivity contribution in [3.63, 3.8) is 0 Å². The van der Waals surface area contributed by atoms with Crippen LogP contribution in [-0.4, -0.2) is 68.6 Å². The van der Waals surface area contributed by atoms with Crippen molar-refractivity contribution in [3.8, 4) is 22.5 Å². The number of nitrogens with zero attached hydrogens (tertiary/aromatic N) is 2. The Morgan fingerprint density at radius 1 is 0.823 bits per heavy atom. The van der Waals surface area contributed by atoms with E-state index in [2.05, 4.69) is 31.1 Å². The van der Waals surface area contributed by atoms with Gasteiger partial charge in [-0.05, 0) is 159 Å². The highest BCUT2D eigenvalue weighted by molar-refractivity contribution is 5.96. The summed E-state index contributed by atoms with van der Waals surface area (Å²) in [5, 5.41) is 16.1. The number of hydrogen-bond acceptors (Lipinski definition) is 9. The number of nitrogens with one attached hydrogen (secondary N) is 4. The normalized spacial score (nSPS) is 16.0. The average Bonchev–Trinajstić information content (AvgIpc) is 3.67. The summed E-state index contributed by atoms with van der Waals surface area (Å²) in [5.41, 5.74) is 4.66. The Hall–Kier alpha value is -5.85. The zero-order valence-corrected chi connectivity index (χ0v) is 37.8. The number of esters is 1. The monoisotopic (exact) mass is 848 g/mol. The van der Waals surface area contributed by atoms with Gasteiger partial charge in [0.15, 0.2) is 5.82 Å². The van der Waals surface area contributed by atoms with E-state index in [4.69, 9.17) is 9.47 Å². The van der Waals surface area contributed by atoms with E-state index in [0.29, 0.717) is 55.1 Å². The highest BCUT2D eigenvalue weighted by Crippen LogP contribution is 2.32. The predicted octanol–water partition coefficient (Wildman–Crippen LogP) is 8.95. The number of H-pyrrole nitrogens is 1. The van der Waals surface area contributed by atoms with Crippen molar-refractivity contribution in [2.75, 3.05) is 11.9 Å². The molecule has 13 nitrogen and oxygen atoms in total. The molecular formula is C49H64N6O7. The van der Waals surface area contributed by atoms with Crippen LogP contribution in [0.1, 0.15) is 121 Å². The van der Waals surface area contributed by atoms with Gasteiger partial charge in [0.05, 0.1) is 6.42 Å². The number of carbonyl (C=O) groups excluding carboxylic acids is 5. The molecule has 0 bridgehead atoms. The molecule has 4 N–H and O–H groups in total. The van der Waals surface area contributed by atoms with E-state index < -0.39 is 23.2 Å². The van der Waals surface area contributed by atoms with E-state index in [-0.39, 0.29) is 54.3 Å². The van der Waals surface area contributed by atoms with Crippen LogP contribution >= 0.6 is 0 Å². The van der Waals surface area contributed by atoms with Gasteiger partial charge in [-0.15, -0.1) is 0 Å². The van der Waals surface area contributed by atoms with Gasteiger partial charge < -0.3 is 25.4 Å². The Morgan fingerprint density at radius 2 is 1.47 bits per heavy atom. The van der Waals surface area contributed by atoms with Crippen molar-refractivity contribution < 1.29 is 33.4 Å². The number of hydrogen-bond donors (Lipinski definition) is 4. The first-order valence-corrected chi connectivity index (χ1v) is 21.8. The zero-order chi connectivity index (χ0) is 45.2. The molecule has 332 valence electrons. The zero-order valence-electron chi connectivity index (χ0n) is 37.8. The summed E-state index contributed by atoms with van der Waals surface area (Å²) in [6.45, 7) is 17.3. The molecule has 4 aromatic rings. The van der Waals surface area contributed by atoms with Crippen molar-refractivity contribution in [3.05, 3.63) is 89.2 Å². The van der Waals surface area contributed by atoms with E-state index >= 15 is 0 Å². The second-order valence-corrected chi connectivity index (χ2v) is 18.8. The molecule has 1 atom stereocenters. The molecule has 5 rings (SSSR count). The smallest absolute Gasteiger partial charge is 0.407 e. The highest BCUT2D eigenvalue weighted by atomic mass is 16.6. The molecule has 1 aromatic heterocycles. The molecule has 0 saturated heterocycles. The summed E-state index contributed by atoms with van der Waals surface area (Å²) in [6.07, 6.45) is 3.55. The number of aromatic nitrogens is 3. The topological polar surface area (TPSA) is 181 Å². The lowest BCUT2D eigenvalue weighted by Gasteiger charge is -2.29. The van der Waals surface area contributed by atoms with Crippen molar-refractivity contribution in [1.82, 2.24) is 25.8 Å². The number of carbonyl (C=O) groups is 5. The van der Waals surface area contributed by atoms with E-state index in [1.165, 1.54) is 0 Å². The number of alkyl carbamates (subject to hydrolysis) is 1. The first-order chi connectivity index (χ1) is 29.2. The van der Waals surface area contributed by atoms with E-state index in [0.717, 1.165) is 40.7 Å². The number of benzene rings is 3. The van der Waals surface area contributed by atoms with Crippen LogP contribution in [0.5, 0.6) is 0 Å². The van der Waals surface area contributed by atoms with Gasteiger partial charge in [0.25, 0.3) is 5.91 Å². The SMILES string of the molecule is Cc1cc(C(=O)NC(C)C)ccc1-c1ccc(C[C@H](CC(=O)C2CCC(CNC(=O)OC(C)(C)C)CC2)C(=O)Nc2ccc(-c3n[nH]c(CCC(=O)OC(C)(C)C)n3)cc2)cc1. The third-order valence-electron chi connectivity index (χ3n) is 10.6. The Morgan fingerprint density at radius 3 is 2.08 bits per heavy atom. The van der Waals surface area contributed by atoms with Crippen molar-refractivity contribution >= 4 is 35.3 Å². The number of aromatic amines is 1. The number of anilines is 1. The number of rotatable bonds is 16. The second-order valence-electron chi connectivity index (χ2n) is 18.8. The lowest BCUT2D eigenvalue weighted by atomic mass is 9.77. The van der Waals surface area contributed by atoms with E-state index in [9.17, 15) is 24.0 Å². The molecule has 1 fully saturated rings. The molecule has 3 amide bonds. The fourth-order valence-electron chi connectivity index (χ4n) is 7.57. The molecule has 1 heterocycles. The minimum Gasteiger partial charge on any atom is -0.460 e. The van der Waals surface area contributed by atoms with E-state index in [1.54, 1.807) is 12.1 Å². The third kappa shape index (κ3) is 14.7. The maximum absolute atomic E-state index is 14.1. The van der Waals surface area contributed by atoms with Gasteiger partial charge >= 0.3 is 12.1 Å². The molecule has 0 unspecified atom stereocenters. The third-order valence-corrected chi connectivity index (χ3v) is 10.6. The standard InChI is InChI=1S/C49H64N6O7/c1-30(2)51-45(58)37-20-23-40(31(3)26-37)34-14-10-32(11-15-34)27-38(28-41(56)35-16-12-33(13-17-35)29-50-47(60)62-49(7,8)9)46(59)52-39-21-18-36(19-22-39)44-53-42(54-55-44)24-25-43(57)61-48(4,5)6/h10-11,14-15,18-23,26,30,33,35,38H,12-13,16-17,24-25,27-29H2,1-9H3,(H,50,60)(H,51,58)(H,52,59)(H,53,54,55)/t33?,35?,38-/m1/s1. The largest absolute Gasteiger partial charge is 0.460 e. The summed E-state index contributed by atoms with van der Waals surface area (Å²) in [7, 11) is 0. The number of ketones is 1. The molecular weight excluding hydrogens is 785 g/mol. The fourth-order valence-corrected chi connectivity index (χ4v) is 7.57. The average molecular weight is 849 g/mol. The molecule has 0 spiro atoms. The summed E-state index contributed by atoms with van der Waals surface area (Å²) in [4.78, 5) is 69.5. The fraction of sp³-hybridized carbons (Fsp3) is 0.490. The highest BCUT2D eigenvalue weighted by Gasteiger charge is 2.31. The van der Waals surface area contributed by atoms with Crippen LogP contribution in [0.2, 0.25) is 0 Å². The molecule has 1 aliphatic carbocycles. The quantitative estimate of drug-likeness (QED) is 0.0801. The molecule has 62 heavy (non-hydrogen) atoms. The Bertz CT molecular complexity index is 2170. The van der Waals surface area contributed by atoms with Crippen molar-refractivity contribution in [1.29, 1.82) is 0 Å². The van der Waals surface area contributed by atoms with Gasteiger partial charge in [0.2, 0.25) is 5.91 Å². The summed E-state index contributed by atoms with van der Waals surface area (Å²) in [5.74, 6) is -0.102. The minimum atomic E-state index is -0.624. The lowest BCUT2D eigenvalue weighted by molar-refractivity contribution is -0.154. The van der Waals surface area contributed by atoms with E-state index in [1.807, 2.05) is 117 Å². The number of aryl methyl sites for hydroxylation is 2. The van der Waals surface area contributed by atoms with Gasteiger partial charge in [0, 0.05) is 54.1 Å². The van der Waals surface area contributed by atoms with Crippen LogP contribution in [0.25, 0.3) is 22.5 Å². The molecule has 1 saturated carbocycles. The molecule has 1 aliphatic rings. The van der Waals surface area contributed by atoms with Gasteiger partial charge in [-0.3, -0.25) is 24.3 Å². The van der Waals surface area contributed by atoms with Gasteiger partial charge in [0.1, 0.15) is 22.8 Å². The lowest BCUT2D eigenvalue weighted by Crippen LogP contribution is -2.37. The second kappa shape index (κ2) is 20.8. The maximum atomic E-state index is 14.1. The molecule has 13 heteroatoms. The van der Waals surface area contributed by atoms with Crippen LogP contribution < -0.4 is 16.0 Å². The Labute approximate surface area is 365 Å². The Balaban J connectivity index is 1.25.